The fourth-order valence-corrected chi connectivity index (χ4v) is 2.00. The first-order valence-electron chi connectivity index (χ1n) is 6.36. The molecule has 0 aliphatic heterocycles. The molecule has 4 nitrogen and oxygen atoms in total. The van der Waals surface area contributed by atoms with E-state index in [4.69, 9.17) is 4.74 Å². The third kappa shape index (κ3) is 2.49. The third-order valence-electron chi connectivity index (χ3n) is 3.02. The summed E-state index contributed by atoms with van der Waals surface area (Å²) >= 11 is 0. The molecule has 0 saturated heterocycles. The van der Waals surface area contributed by atoms with Gasteiger partial charge in [0.1, 0.15) is 5.75 Å². The summed E-state index contributed by atoms with van der Waals surface area (Å²) in [5.74, 6) is 1.62. The van der Waals surface area contributed by atoms with E-state index in [2.05, 4.69) is 10.3 Å². The number of nitrogens with one attached hydrogen (secondary N) is 1. The topological polar surface area (TPSA) is 39.1 Å². The predicted molar refractivity (Wildman–Crippen MR) is 79.8 cm³/mol. The van der Waals surface area contributed by atoms with Gasteiger partial charge in [-0.25, -0.2) is 4.98 Å². The van der Waals surface area contributed by atoms with E-state index in [9.17, 15) is 0 Å². The summed E-state index contributed by atoms with van der Waals surface area (Å²) < 4.78 is 7.16. The van der Waals surface area contributed by atoms with Gasteiger partial charge in [-0.05, 0) is 36.4 Å². The minimum atomic E-state index is 0.779. The highest BCUT2D eigenvalue weighted by Gasteiger charge is 2.05. The summed E-state index contributed by atoms with van der Waals surface area (Å²) in [7, 11) is 1.66. The van der Waals surface area contributed by atoms with Gasteiger partial charge in [-0.3, -0.25) is 4.57 Å². The number of nitrogens with zero attached hydrogens (tertiary/aromatic N) is 2. The van der Waals surface area contributed by atoms with Crippen molar-refractivity contribution in [3.05, 3.63) is 67.0 Å². The predicted octanol–water partition coefficient (Wildman–Crippen LogP) is 3.62. The van der Waals surface area contributed by atoms with Gasteiger partial charge in [-0.2, -0.15) is 0 Å². The van der Waals surface area contributed by atoms with Gasteiger partial charge < -0.3 is 10.1 Å². The molecule has 1 N–H and O–H groups in total. The molecule has 0 radical (unpaired) electrons. The molecule has 0 aliphatic rings. The highest BCUT2D eigenvalue weighted by molar-refractivity contribution is 5.56. The zero-order valence-corrected chi connectivity index (χ0v) is 11.2. The number of imidazole rings is 1. The van der Waals surface area contributed by atoms with Gasteiger partial charge >= 0.3 is 0 Å². The van der Waals surface area contributed by atoms with Crippen molar-refractivity contribution in [2.75, 3.05) is 12.4 Å². The molecule has 0 bridgehead atoms. The molecule has 3 rings (SSSR count). The number of aromatic nitrogens is 2. The standard InChI is InChI=1S/C16H15N3O/c1-20-15-9-7-14(8-10-15)19-12-11-17-16(19)18-13-5-3-2-4-6-13/h2-12H,1H3,(H,17,18). The molecule has 0 unspecified atom stereocenters. The van der Waals surface area contributed by atoms with Crippen molar-refractivity contribution in [2.45, 2.75) is 0 Å². The number of methoxy groups -OCH3 is 1. The van der Waals surface area contributed by atoms with Gasteiger partial charge in [0, 0.05) is 23.8 Å². The first-order chi connectivity index (χ1) is 9.86. The van der Waals surface area contributed by atoms with Gasteiger partial charge in [0.15, 0.2) is 0 Å². The van der Waals surface area contributed by atoms with Crippen molar-refractivity contribution < 1.29 is 4.74 Å². The van der Waals surface area contributed by atoms with E-state index in [1.807, 2.05) is 65.4 Å². The lowest BCUT2D eigenvalue weighted by atomic mass is 10.3. The maximum Gasteiger partial charge on any atom is 0.212 e. The Hall–Kier alpha value is -2.75. The van der Waals surface area contributed by atoms with Gasteiger partial charge in [-0.1, -0.05) is 18.2 Å². The Balaban J connectivity index is 1.89. The highest BCUT2D eigenvalue weighted by Crippen LogP contribution is 2.20. The Morgan fingerprint density at radius 3 is 2.45 bits per heavy atom. The number of hydrogen-bond acceptors (Lipinski definition) is 3. The van der Waals surface area contributed by atoms with Crippen LogP contribution in [0.1, 0.15) is 0 Å². The first-order valence-corrected chi connectivity index (χ1v) is 6.36. The molecular formula is C16H15N3O. The molecule has 4 heteroatoms. The minimum absolute atomic E-state index is 0.779. The second kappa shape index (κ2) is 5.48. The monoisotopic (exact) mass is 265 g/mol. The quantitative estimate of drug-likeness (QED) is 0.783. The van der Waals surface area contributed by atoms with Crippen molar-refractivity contribution in [3.63, 3.8) is 0 Å². The van der Waals surface area contributed by atoms with Crippen molar-refractivity contribution in [1.29, 1.82) is 0 Å². The maximum atomic E-state index is 5.17. The lowest BCUT2D eigenvalue weighted by Gasteiger charge is -2.10. The Bertz CT molecular complexity index is 674. The van der Waals surface area contributed by atoms with Crippen LogP contribution in [0, 0.1) is 0 Å². The zero-order chi connectivity index (χ0) is 13.8. The van der Waals surface area contributed by atoms with Crippen LogP contribution in [0.15, 0.2) is 67.0 Å². The van der Waals surface area contributed by atoms with Crippen LogP contribution >= 0.6 is 0 Å². The summed E-state index contributed by atoms with van der Waals surface area (Å²) in [5, 5.41) is 3.30. The van der Waals surface area contributed by atoms with Gasteiger partial charge in [0.2, 0.25) is 5.95 Å². The van der Waals surface area contributed by atoms with Crippen LogP contribution in [-0.2, 0) is 0 Å². The number of benzene rings is 2. The molecule has 0 fully saturated rings. The molecule has 0 aliphatic carbocycles. The lowest BCUT2D eigenvalue weighted by molar-refractivity contribution is 0.415. The Labute approximate surface area is 117 Å². The van der Waals surface area contributed by atoms with E-state index in [1.54, 1.807) is 13.3 Å². The van der Waals surface area contributed by atoms with Crippen LogP contribution in [0.5, 0.6) is 5.75 Å². The van der Waals surface area contributed by atoms with E-state index in [1.165, 1.54) is 0 Å². The molecule has 0 atom stereocenters. The van der Waals surface area contributed by atoms with Crippen molar-refractivity contribution in [3.8, 4) is 11.4 Å². The molecule has 1 aromatic heterocycles. The first kappa shape index (κ1) is 12.3. The van der Waals surface area contributed by atoms with Gasteiger partial charge in [-0.15, -0.1) is 0 Å². The van der Waals surface area contributed by atoms with Crippen molar-refractivity contribution in [1.82, 2.24) is 9.55 Å². The largest absolute Gasteiger partial charge is 0.497 e. The minimum Gasteiger partial charge on any atom is -0.497 e. The highest BCUT2D eigenvalue weighted by atomic mass is 16.5. The molecule has 2 aromatic carbocycles. The van der Waals surface area contributed by atoms with Gasteiger partial charge in [0.05, 0.1) is 7.11 Å². The number of para-hydroxylation sites is 1. The molecule has 0 spiro atoms. The van der Waals surface area contributed by atoms with Crippen molar-refractivity contribution in [2.24, 2.45) is 0 Å². The van der Waals surface area contributed by atoms with E-state index >= 15 is 0 Å². The Kier molecular flexibility index (Phi) is 3.37. The second-order valence-corrected chi connectivity index (χ2v) is 4.31. The maximum absolute atomic E-state index is 5.17. The molecule has 20 heavy (non-hydrogen) atoms. The average Bonchev–Trinajstić information content (AvgIpc) is 2.96. The summed E-state index contributed by atoms with van der Waals surface area (Å²) in [5.41, 5.74) is 2.04. The van der Waals surface area contributed by atoms with Crippen LogP contribution in [0.2, 0.25) is 0 Å². The molecular weight excluding hydrogens is 250 g/mol. The smallest absolute Gasteiger partial charge is 0.212 e. The van der Waals surface area contributed by atoms with E-state index < -0.39 is 0 Å². The Morgan fingerprint density at radius 2 is 1.75 bits per heavy atom. The fourth-order valence-electron chi connectivity index (χ4n) is 2.00. The van der Waals surface area contributed by atoms with Gasteiger partial charge in [0.25, 0.3) is 0 Å². The molecule has 1 heterocycles. The summed E-state index contributed by atoms with van der Waals surface area (Å²) in [4.78, 5) is 4.35. The number of hydrogen-bond donors (Lipinski definition) is 1. The van der Waals surface area contributed by atoms with Crippen molar-refractivity contribution >= 4 is 11.6 Å². The van der Waals surface area contributed by atoms with Crippen LogP contribution in [0.25, 0.3) is 5.69 Å². The van der Waals surface area contributed by atoms with E-state index in [-0.39, 0.29) is 0 Å². The SMILES string of the molecule is COc1ccc(-n2ccnc2Nc2ccccc2)cc1. The number of rotatable bonds is 4. The van der Waals surface area contributed by atoms with Crippen LogP contribution in [-0.4, -0.2) is 16.7 Å². The second-order valence-electron chi connectivity index (χ2n) is 4.31. The normalized spacial score (nSPS) is 10.2. The summed E-state index contributed by atoms with van der Waals surface area (Å²) in [6.07, 6.45) is 3.70. The van der Waals surface area contributed by atoms with Crippen LogP contribution in [0.4, 0.5) is 11.6 Å². The molecule has 3 aromatic rings. The number of anilines is 2. The van der Waals surface area contributed by atoms with Crippen LogP contribution < -0.4 is 10.1 Å². The third-order valence-corrected chi connectivity index (χ3v) is 3.02. The zero-order valence-electron chi connectivity index (χ0n) is 11.2. The Morgan fingerprint density at radius 1 is 1.00 bits per heavy atom. The molecule has 0 amide bonds. The van der Waals surface area contributed by atoms with Crippen LogP contribution in [0.3, 0.4) is 0 Å². The molecule has 100 valence electrons. The average molecular weight is 265 g/mol. The summed E-state index contributed by atoms with van der Waals surface area (Å²) in [6.45, 7) is 0. The molecule has 0 saturated carbocycles. The lowest BCUT2D eigenvalue weighted by Crippen LogP contribution is -2.00. The number of ether oxygens (including phenoxy) is 1. The van der Waals surface area contributed by atoms with E-state index in [0.717, 1.165) is 23.1 Å². The summed E-state index contributed by atoms with van der Waals surface area (Å²) in [6, 6.07) is 17.8. The van der Waals surface area contributed by atoms with E-state index in [0.29, 0.717) is 0 Å². The fraction of sp³-hybridized carbons (Fsp3) is 0.0625.